The van der Waals surface area contributed by atoms with Crippen LogP contribution < -0.4 is 5.73 Å². The largest absolute Gasteiger partial charge is 0.476 e. The molecule has 3 aromatic rings. The number of nitrogens with two attached hydrogens (primary N) is 1. The zero-order valence-corrected chi connectivity index (χ0v) is 10.7. The Hall–Kier alpha value is -2.82. The SMILES string of the molecule is Nc1ccc2c(c1)c(C(=O)O)nn2Cc1ccccc1. The Balaban J connectivity index is 2.14. The highest BCUT2D eigenvalue weighted by Crippen LogP contribution is 2.22. The van der Waals surface area contributed by atoms with Crippen LogP contribution in [0.15, 0.2) is 48.5 Å². The molecule has 0 aliphatic rings. The zero-order chi connectivity index (χ0) is 14.1. The van der Waals surface area contributed by atoms with E-state index in [0.717, 1.165) is 11.1 Å². The first kappa shape index (κ1) is 12.2. The number of hydrogen-bond acceptors (Lipinski definition) is 3. The number of carboxylic acid groups (broad SMARTS) is 1. The van der Waals surface area contributed by atoms with Gasteiger partial charge in [0, 0.05) is 11.1 Å². The van der Waals surface area contributed by atoms with Gasteiger partial charge in [-0.1, -0.05) is 30.3 Å². The highest BCUT2D eigenvalue weighted by atomic mass is 16.4. The second kappa shape index (κ2) is 4.70. The number of carboxylic acids is 1. The van der Waals surface area contributed by atoms with Gasteiger partial charge in [-0.2, -0.15) is 5.10 Å². The molecule has 0 aliphatic heterocycles. The summed E-state index contributed by atoms with van der Waals surface area (Å²) in [7, 11) is 0. The molecule has 0 atom stereocenters. The lowest BCUT2D eigenvalue weighted by Crippen LogP contribution is -2.04. The molecule has 0 amide bonds. The van der Waals surface area contributed by atoms with E-state index in [2.05, 4.69) is 5.10 Å². The molecule has 20 heavy (non-hydrogen) atoms. The number of fused-ring (bicyclic) bond motifs is 1. The summed E-state index contributed by atoms with van der Waals surface area (Å²) < 4.78 is 1.69. The molecule has 3 N–H and O–H groups in total. The summed E-state index contributed by atoms with van der Waals surface area (Å²) in [6.07, 6.45) is 0. The number of aromatic carboxylic acids is 1. The minimum absolute atomic E-state index is 0.0308. The van der Waals surface area contributed by atoms with Gasteiger partial charge in [0.15, 0.2) is 5.69 Å². The molecule has 3 rings (SSSR count). The minimum Gasteiger partial charge on any atom is -0.476 e. The monoisotopic (exact) mass is 267 g/mol. The molecular formula is C15H13N3O2. The van der Waals surface area contributed by atoms with E-state index >= 15 is 0 Å². The molecule has 1 heterocycles. The van der Waals surface area contributed by atoms with E-state index in [4.69, 9.17) is 5.73 Å². The molecule has 0 unspecified atom stereocenters. The van der Waals surface area contributed by atoms with Crippen LogP contribution in [0.1, 0.15) is 16.1 Å². The molecule has 5 heteroatoms. The van der Waals surface area contributed by atoms with E-state index < -0.39 is 5.97 Å². The third-order valence-corrected chi connectivity index (χ3v) is 3.15. The zero-order valence-electron chi connectivity index (χ0n) is 10.7. The van der Waals surface area contributed by atoms with Gasteiger partial charge in [0.2, 0.25) is 0 Å². The molecule has 1 aromatic heterocycles. The Morgan fingerprint density at radius 3 is 2.65 bits per heavy atom. The van der Waals surface area contributed by atoms with Gasteiger partial charge in [0.1, 0.15) is 0 Å². The van der Waals surface area contributed by atoms with Crippen LogP contribution in [0.4, 0.5) is 5.69 Å². The lowest BCUT2D eigenvalue weighted by molar-refractivity contribution is 0.0691. The predicted octanol–water partition coefficient (Wildman–Crippen LogP) is 2.37. The number of anilines is 1. The number of aromatic nitrogens is 2. The third kappa shape index (κ3) is 2.09. The topological polar surface area (TPSA) is 81.1 Å². The number of rotatable bonds is 3. The van der Waals surface area contributed by atoms with E-state index in [1.165, 1.54) is 0 Å². The van der Waals surface area contributed by atoms with Crippen LogP contribution in [0.25, 0.3) is 10.9 Å². The fourth-order valence-corrected chi connectivity index (χ4v) is 2.23. The molecule has 0 spiro atoms. The van der Waals surface area contributed by atoms with Crippen molar-refractivity contribution in [2.24, 2.45) is 0 Å². The summed E-state index contributed by atoms with van der Waals surface area (Å²) in [4.78, 5) is 11.3. The Bertz CT molecular complexity index is 778. The van der Waals surface area contributed by atoms with Gasteiger partial charge in [-0.3, -0.25) is 4.68 Å². The Labute approximate surface area is 115 Å². The summed E-state index contributed by atoms with van der Waals surface area (Å²) in [5.74, 6) is -1.05. The van der Waals surface area contributed by atoms with Crippen LogP contribution in [0.2, 0.25) is 0 Å². The maximum absolute atomic E-state index is 11.3. The quantitative estimate of drug-likeness (QED) is 0.714. The summed E-state index contributed by atoms with van der Waals surface area (Å²) in [6, 6.07) is 15.0. The van der Waals surface area contributed by atoms with E-state index in [1.54, 1.807) is 22.9 Å². The third-order valence-electron chi connectivity index (χ3n) is 3.15. The van der Waals surface area contributed by atoms with Crippen LogP contribution in [0.3, 0.4) is 0 Å². The van der Waals surface area contributed by atoms with Gasteiger partial charge in [-0.15, -0.1) is 0 Å². The first-order valence-corrected chi connectivity index (χ1v) is 6.18. The molecule has 0 aliphatic carbocycles. The lowest BCUT2D eigenvalue weighted by atomic mass is 10.2. The van der Waals surface area contributed by atoms with Crippen LogP contribution in [0, 0.1) is 0 Å². The van der Waals surface area contributed by atoms with Crippen molar-refractivity contribution in [3.63, 3.8) is 0 Å². The standard InChI is InChI=1S/C15H13N3O2/c16-11-6-7-13-12(8-11)14(15(19)20)17-18(13)9-10-4-2-1-3-5-10/h1-8H,9,16H2,(H,19,20). The second-order valence-corrected chi connectivity index (χ2v) is 4.57. The second-order valence-electron chi connectivity index (χ2n) is 4.57. The van der Waals surface area contributed by atoms with Crippen molar-refractivity contribution < 1.29 is 9.90 Å². The van der Waals surface area contributed by atoms with Gasteiger partial charge >= 0.3 is 5.97 Å². The van der Waals surface area contributed by atoms with Gasteiger partial charge < -0.3 is 10.8 Å². The fraction of sp³-hybridized carbons (Fsp3) is 0.0667. The van der Waals surface area contributed by atoms with Crippen molar-refractivity contribution >= 4 is 22.6 Å². The molecule has 0 saturated carbocycles. The highest BCUT2D eigenvalue weighted by molar-refractivity contribution is 6.02. The smallest absolute Gasteiger partial charge is 0.357 e. The number of nitrogens with zero attached hydrogens (tertiary/aromatic N) is 2. The molecular weight excluding hydrogens is 254 g/mol. The van der Waals surface area contributed by atoms with Gasteiger partial charge in [-0.25, -0.2) is 4.79 Å². The molecule has 2 aromatic carbocycles. The first-order chi connectivity index (χ1) is 9.65. The summed E-state index contributed by atoms with van der Waals surface area (Å²) in [5, 5.41) is 14.0. The predicted molar refractivity (Wildman–Crippen MR) is 76.6 cm³/mol. The maximum Gasteiger partial charge on any atom is 0.357 e. The first-order valence-electron chi connectivity index (χ1n) is 6.18. The molecule has 0 fully saturated rings. The van der Waals surface area contributed by atoms with E-state index in [-0.39, 0.29) is 5.69 Å². The van der Waals surface area contributed by atoms with Crippen LogP contribution in [-0.4, -0.2) is 20.9 Å². The number of carbonyl (C=O) groups is 1. The van der Waals surface area contributed by atoms with Crippen molar-refractivity contribution in [2.75, 3.05) is 5.73 Å². The number of benzene rings is 2. The van der Waals surface area contributed by atoms with Crippen molar-refractivity contribution in [2.45, 2.75) is 6.54 Å². The summed E-state index contributed by atoms with van der Waals surface area (Å²) in [6.45, 7) is 0.522. The summed E-state index contributed by atoms with van der Waals surface area (Å²) >= 11 is 0. The van der Waals surface area contributed by atoms with E-state index in [0.29, 0.717) is 17.6 Å². The van der Waals surface area contributed by atoms with Crippen molar-refractivity contribution in [3.8, 4) is 0 Å². The van der Waals surface area contributed by atoms with Crippen molar-refractivity contribution in [1.82, 2.24) is 9.78 Å². The number of nitrogen functional groups attached to an aromatic ring is 1. The average molecular weight is 267 g/mol. The number of hydrogen-bond donors (Lipinski definition) is 2. The van der Waals surface area contributed by atoms with Crippen molar-refractivity contribution in [3.05, 3.63) is 59.8 Å². The Kier molecular flexibility index (Phi) is 2.87. The Morgan fingerprint density at radius 2 is 1.95 bits per heavy atom. The molecule has 100 valence electrons. The molecule has 0 bridgehead atoms. The van der Waals surface area contributed by atoms with Crippen LogP contribution in [0.5, 0.6) is 0 Å². The summed E-state index contributed by atoms with van der Waals surface area (Å²) in [5.41, 5.74) is 8.11. The maximum atomic E-state index is 11.3. The molecule has 0 saturated heterocycles. The normalized spacial score (nSPS) is 10.8. The van der Waals surface area contributed by atoms with Gasteiger partial charge in [0.05, 0.1) is 12.1 Å². The fourth-order valence-electron chi connectivity index (χ4n) is 2.23. The van der Waals surface area contributed by atoms with Crippen molar-refractivity contribution in [1.29, 1.82) is 0 Å². The van der Waals surface area contributed by atoms with Gasteiger partial charge in [0.25, 0.3) is 0 Å². The van der Waals surface area contributed by atoms with Crippen LogP contribution >= 0.6 is 0 Å². The van der Waals surface area contributed by atoms with E-state index in [1.807, 2.05) is 30.3 Å². The Morgan fingerprint density at radius 1 is 1.20 bits per heavy atom. The van der Waals surface area contributed by atoms with Gasteiger partial charge in [-0.05, 0) is 23.8 Å². The highest BCUT2D eigenvalue weighted by Gasteiger charge is 2.16. The molecule has 0 radical (unpaired) electrons. The minimum atomic E-state index is -1.05. The average Bonchev–Trinajstić information content (AvgIpc) is 2.78. The van der Waals surface area contributed by atoms with Crippen LogP contribution in [-0.2, 0) is 6.54 Å². The van der Waals surface area contributed by atoms with E-state index in [9.17, 15) is 9.90 Å². The molecule has 5 nitrogen and oxygen atoms in total. The lowest BCUT2D eigenvalue weighted by Gasteiger charge is -2.03.